The van der Waals surface area contributed by atoms with Gasteiger partial charge in [-0.2, -0.15) is 0 Å². The van der Waals surface area contributed by atoms with Gasteiger partial charge in [-0.05, 0) is 69.0 Å². The first-order valence-electron chi connectivity index (χ1n) is 13.1. The van der Waals surface area contributed by atoms with Crippen LogP contribution in [0.15, 0.2) is 78.2 Å². The van der Waals surface area contributed by atoms with Crippen LogP contribution in [0.1, 0.15) is 61.2 Å². The molecular formula is C32H41NO6. The van der Waals surface area contributed by atoms with E-state index in [0.717, 1.165) is 40.3 Å². The largest absolute Gasteiger partial charge is 0.494 e. The average Bonchev–Trinajstić information content (AvgIpc) is 2.95. The van der Waals surface area contributed by atoms with Crippen molar-refractivity contribution in [3.63, 3.8) is 0 Å². The van der Waals surface area contributed by atoms with Crippen LogP contribution in [0.5, 0.6) is 17.2 Å². The Hall–Kier alpha value is -4.13. The summed E-state index contributed by atoms with van der Waals surface area (Å²) in [7, 11) is 1.36. The van der Waals surface area contributed by atoms with Crippen LogP contribution in [-0.2, 0) is 22.7 Å². The van der Waals surface area contributed by atoms with E-state index in [4.69, 9.17) is 29.4 Å². The number of aryl methyl sites for hydroxylation is 1. The fourth-order valence-corrected chi connectivity index (χ4v) is 3.39. The molecule has 0 saturated carbocycles. The smallest absolute Gasteiger partial charge is 0.341 e. The Bertz CT molecular complexity index is 1190. The summed E-state index contributed by atoms with van der Waals surface area (Å²) < 4.78 is 27.4. The van der Waals surface area contributed by atoms with Crippen LogP contribution in [0, 0.1) is 6.92 Å². The van der Waals surface area contributed by atoms with Gasteiger partial charge in [0, 0.05) is 11.8 Å². The second-order valence-electron chi connectivity index (χ2n) is 8.83. The molecule has 210 valence electrons. The van der Waals surface area contributed by atoms with Crippen LogP contribution < -0.4 is 19.9 Å². The summed E-state index contributed by atoms with van der Waals surface area (Å²) in [5.41, 5.74) is 9.59. The van der Waals surface area contributed by atoms with Gasteiger partial charge < -0.3 is 29.4 Å². The molecular weight excluding hydrogens is 494 g/mol. The molecule has 3 aromatic rings. The molecule has 0 aliphatic carbocycles. The minimum absolute atomic E-state index is 0.326. The lowest BCUT2D eigenvalue weighted by atomic mass is 10.1. The van der Waals surface area contributed by atoms with Gasteiger partial charge in [-0.15, -0.1) is 0 Å². The molecule has 7 heteroatoms. The Morgan fingerprint density at radius 2 is 1.49 bits per heavy atom. The number of rotatable bonds is 12. The second kappa shape index (κ2) is 16.7. The summed E-state index contributed by atoms with van der Waals surface area (Å²) in [5, 5.41) is 0. The Labute approximate surface area is 232 Å². The molecule has 0 radical (unpaired) electrons. The molecule has 2 N–H and O–H groups in total. The van der Waals surface area contributed by atoms with Crippen molar-refractivity contribution in [2.24, 2.45) is 5.73 Å². The highest BCUT2D eigenvalue weighted by Gasteiger charge is 2.18. The summed E-state index contributed by atoms with van der Waals surface area (Å²) in [6, 6.07) is 21.3. The van der Waals surface area contributed by atoms with Crippen LogP contribution in [-0.4, -0.2) is 26.3 Å². The van der Waals surface area contributed by atoms with Crippen molar-refractivity contribution in [3.05, 3.63) is 100 Å². The van der Waals surface area contributed by atoms with Crippen molar-refractivity contribution in [3.8, 4) is 17.2 Å². The molecule has 3 rings (SSSR count). The molecule has 0 spiro atoms. The highest BCUT2D eigenvalue weighted by Crippen LogP contribution is 2.30. The van der Waals surface area contributed by atoms with E-state index in [9.17, 15) is 4.79 Å². The van der Waals surface area contributed by atoms with Crippen molar-refractivity contribution in [2.45, 2.75) is 54.3 Å². The normalized spacial score (nSPS) is 10.9. The maximum atomic E-state index is 12.1. The Balaban J connectivity index is 0.000000344. The lowest BCUT2D eigenvalue weighted by molar-refractivity contribution is 0.0594. The fourth-order valence-electron chi connectivity index (χ4n) is 3.39. The molecule has 0 bridgehead atoms. The third-order valence-corrected chi connectivity index (χ3v) is 5.62. The fraction of sp³-hybridized carbons (Fsp3) is 0.344. The standard InChI is InChI=1S/C21H26O5.C11H15NO/c1-5-11-25-18-12-15(3)20(21(22)23-4)19(13-18)26-14-16-7-9-17(10-8-16)24-6-2;1-9(12)10(2)13-8-11-6-4-3-5-7-11/h7-10,12-13H,5-6,11,14H2,1-4H3;3-7H,8,12H2,1-2H3/b;10-9-. The Morgan fingerprint density at radius 1 is 0.821 bits per heavy atom. The van der Waals surface area contributed by atoms with Crippen LogP contribution in [0.2, 0.25) is 0 Å². The van der Waals surface area contributed by atoms with Crippen molar-refractivity contribution in [1.82, 2.24) is 0 Å². The first-order chi connectivity index (χ1) is 18.8. The molecule has 0 heterocycles. The third kappa shape index (κ3) is 10.6. The number of hydrogen-bond acceptors (Lipinski definition) is 7. The Morgan fingerprint density at radius 3 is 2.08 bits per heavy atom. The molecule has 7 nitrogen and oxygen atoms in total. The minimum Gasteiger partial charge on any atom is -0.494 e. The number of nitrogens with two attached hydrogens (primary N) is 1. The summed E-state index contributed by atoms with van der Waals surface area (Å²) in [6.07, 6.45) is 0.903. The zero-order valence-electron chi connectivity index (χ0n) is 23.9. The lowest BCUT2D eigenvalue weighted by Crippen LogP contribution is -2.09. The van der Waals surface area contributed by atoms with E-state index in [-0.39, 0.29) is 0 Å². The van der Waals surface area contributed by atoms with Crippen LogP contribution >= 0.6 is 0 Å². The van der Waals surface area contributed by atoms with Gasteiger partial charge in [0.05, 0.1) is 20.3 Å². The van der Waals surface area contributed by atoms with Crippen LogP contribution in [0.25, 0.3) is 0 Å². The van der Waals surface area contributed by atoms with E-state index in [0.29, 0.717) is 43.5 Å². The number of hydrogen-bond donors (Lipinski definition) is 1. The van der Waals surface area contributed by atoms with Crippen LogP contribution in [0.4, 0.5) is 0 Å². The summed E-state index contributed by atoms with van der Waals surface area (Å²) in [6.45, 7) is 11.7. The van der Waals surface area contributed by atoms with Crippen molar-refractivity contribution in [2.75, 3.05) is 20.3 Å². The maximum Gasteiger partial charge on any atom is 0.341 e. The lowest BCUT2D eigenvalue weighted by Gasteiger charge is -2.15. The topological polar surface area (TPSA) is 89.2 Å². The molecule has 0 aromatic heterocycles. The molecule has 0 aliphatic rings. The second-order valence-corrected chi connectivity index (χ2v) is 8.83. The van der Waals surface area contributed by atoms with Gasteiger partial charge in [-0.25, -0.2) is 4.79 Å². The molecule has 0 amide bonds. The van der Waals surface area contributed by atoms with E-state index in [1.54, 1.807) is 6.07 Å². The first kappa shape index (κ1) is 31.1. The van der Waals surface area contributed by atoms with E-state index in [2.05, 4.69) is 0 Å². The predicted octanol–water partition coefficient (Wildman–Crippen LogP) is 6.96. The molecule has 0 fully saturated rings. The van der Waals surface area contributed by atoms with E-state index >= 15 is 0 Å². The monoisotopic (exact) mass is 535 g/mol. The number of ether oxygens (including phenoxy) is 5. The van der Waals surface area contributed by atoms with Crippen LogP contribution in [0.3, 0.4) is 0 Å². The number of carbonyl (C=O) groups is 1. The number of esters is 1. The van der Waals surface area contributed by atoms with Gasteiger partial charge in [0.25, 0.3) is 0 Å². The highest BCUT2D eigenvalue weighted by atomic mass is 16.5. The third-order valence-electron chi connectivity index (χ3n) is 5.62. The van der Waals surface area contributed by atoms with Gasteiger partial charge in [0.1, 0.15) is 41.8 Å². The minimum atomic E-state index is -0.425. The van der Waals surface area contributed by atoms with Crippen molar-refractivity contribution in [1.29, 1.82) is 0 Å². The van der Waals surface area contributed by atoms with Gasteiger partial charge in [-0.3, -0.25) is 0 Å². The highest BCUT2D eigenvalue weighted by molar-refractivity contribution is 5.94. The number of benzene rings is 3. The molecule has 0 aliphatic heterocycles. The molecule has 0 saturated heterocycles. The number of methoxy groups -OCH3 is 1. The molecule has 3 aromatic carbocycles. The molecule has 0 unspecified atom stereocenters. The van der Waals surface area contributed by atoms with Gasteiger partial charge in [0.15, 0.2) is 0 Å². The first-order valence-corrected chi connectivity index (χ1v) is 13.1. The van der Waals surface area contributed by atoms with Gasteiger partial charge in [-0.1, -0.05) is 49.4 Å². The van der Waals surface area contributed by atoms with Crippen molar-refractivity contribution >= 4 is 5.97 Å². The zero-order valence-corrected chi connectivity index (χ0v) is 23.9. The average molecular weight is 536 g/mol. The molecule has 0 atom stereocenters. The quantitative estimate of drug-likeness (QED) is 0.198. The van der Waals surface area contributed by atoms with E-state index in [1.165, 1.54) is 7.11 Å². The van der Waals surface area contributed by atoms with E-state index < -0.39 is 5.97 Å². The number of allylic oxidation sites excluding steroid dienone is 2. The zero-order chi connectivity index (χ0) is 28.6. The summed E-state index contributed by atoms with van der Waals surface area (Å²) >= 11 is 0. The van der Waals surface area contributed by atoms with Gasteiger partial charge in [0.2, 0.25) is 0 Å². The summed E-state index contributed by atoms with van der Waals surface area (Å²) in [4.78, 5) is 12.1. The maximum absolute atomic E-state index is 12.1. The van der Waals surface area contributed by atoms with Crippen molar-refractivity contribution < 1.29 is 28.5 Å². The molecule has 39 heavy (non-hydrogen) atoms. The Kier molecular flexibility index (Phi) is 13.3. The summed E-state index contributed by atoms with van der Waals surface area (Å²) in [5.74, 6) is 2.32. The van der Waals surface area contributed by atoms with E-state index in [1.807, 2.05) is 95.3 Å². The van der Waals surface area contributed by atoms with Gasteiger partial charge >= 0.3 is 5.97 Å². The SMILES string of the molecule is C/C(N)=C(\C)OCc1ccccc1.CCCOc1cc(C)c(C(=O)OC)c(OCc2ccc(OCC)cc2)c1. The number of carbonyl (C=O) groups excluding carboxylic acids is 1. The predicted molar refractivity (Wildman–Crippen MR) is 154 cm³/mol.